The van der Waals surface area contributed by atoms with E-state index >= 15 is 0 Å². The minimum absolute atomic E-state index is 0.407. The minimum Gasteiger partial charge on any atom is -0.382 e. The molecule has 3 aromatic rings. The molecule has 0 fully saturated rings. The van der Waals surface area contributed by atoms with Gasteiger partial charge in [-0.05, 0) is 0 Å². The highest BCUT2D eigenvalue weighted by Gasteiger charge is 2.07. The maximum atomic E-state index is 6.13. The molecule has 0 saturated heterocycles. The number of nitrogens with zero attached hydrogens (tertiary/aromatic N) is 3. The van der Waals surface area contributed by atoms with E-state index in [0.717, 1.165) is 11.3 Å². The fraction of sp³-hybridized carbons (Fsp3) is 0. The lowest BCUT2D eigenvalue weighted by atomic mass is 10.1. The number of aromatic nitrogens is 3. The van der Waals surface area contributed by atoms with Crippen molar-refractivity contribution in [2.75, 3.05) is 5.73 Å². The Balaban J connectivity index is 2.25. The summed E-state index contributed by atoms with van der Waals surface area (Å²) < 4.78 is 1.52. The first-order valence-electron chi connectivity index (χ1n) is 5.11. The van der Waals surface area contributed by atoms with Gasteiger partial charge in [0.25, 0.3) is 0 Å². The molecular weight excluding hydrogens is 236 g/mol. The fourth-order valence-corrected chi connectivity index (χ4v) is 1.94. The molecule has 0 aliphatic rings. The van der Waals surface area contributed by atoms with E-state index in [1.54, 1.807) is 12.1 Å². The Morgan fingerprint density at radius 2 is 1.88 bits per heavy atom. The van der Waals surface area contributed by atoms with Crippen LogP contribution in [0.15, 0.2) is 42.5 Å². The van der Waals surface area contributed by atoms with Crippen LogP contribution in [0.25, 0.3) is 16.9 Å². The number of rotatable bonds is 1. The van der Waals surface area contributed by atoms with Gasteiger partial charge >= 0.3 is 0 Å². The molecule has 0 bridgehead atoms. The lowest BCUT2D eigenvalue weighted by Crippen LogP contribution is -1.94. The van der Waals surface area contributed by atoms with Crippen LogP contribution < -0.4 is 5.73 Å². The number of benzene rings is 1. The van der Waals surface area contributed by atoms with E-state index in [4.69, 9.17) is 17.3 Å². The summed E-state index contributed by atoms with van der Waals surface area (Å²) in [5.41, 5.74) is 8.08. The first kappa shape index (κ1) is 10.1. The molecule has 0 amide bonds. The van der Waals surface area contributed by atoms with Crippen LogP contribution >= 0.6 is 11.6 Å². The van der Waals surface area contributed by atoms with Crippen LogP contribution in [0.3, 0.4) is 0 Å². The quantitative estimate of drug-likeness (QED) is 0.670. The lowest BCUT2D eigenvalue weighted by Gasteiger charge is -2.02. The Labute approximate surface area is 103 Å². The summed E-state index contributed by atoms with van der Waals surface area (Å²) >= 11 is 6.13. The summed E-state index contributed by atoms with van der Waals surface area (Å²) in [5.74, 6) is 0.407. The number of fused-ring (bicyclic) bond motifs is 1. The Morgan fingerprint density at radius 3 is 2.65 bits per heavy atom. The second kappa shape index (κ2) is 3.75. The highest BCUT2D eigenvalue weighted by Crippen LogP contribution is 2.22. The number of hydrogen-bond donors (Lipinski definition) is 1. The molecule has 2 N–H and O–H groups in total. The van der Waals surface area contributed by atoms with E-state index in [1.807, 2.05) is 30.3 Å². The summed E-state index contributed by atoms with van der Waals surface area (Å²) in [6.07, 6.45) is 0. The van der Waals surface area contributed by atoms with Crippen LogP contribution in [-0.4, -0.2) is 14.6 Å². The van der Waals surface area contributed by atoms with Crippen LogP contribution in [0, 0.1) is 0 Å². The Bertz CT molecular complexity index is 676. The van der Waals surface area contributed by atoms with Crippen LogP contribution in [0.4, 0.5) is 5.82 Å². The number of nitrogens with two attached hydrogens (primary N) is 1. The summed E-state index contributed by atoms with van der Waals surface area (Å²) in [5, 5.41) is 4.54. The summed E-state index contributed by atoms with van der Waals surface area (Å²) in [4.78, 5) is 4.46. The van der Waals surface area contributed by atoms with Crippen LogP contribution in [0.5, 0.6) is 0 Å². The SMILES string of the molecule is Nc1cc2nc(-c3ccccc3)cc(Cl)n2n1. The molecule has 0 aliphatic carbocycles. The average molecular weight is 245 g/mol. The van der Waals surface area contributed by atoms with Crippen molar-refractivity contribution in [3.63, 3.8) is 0 Å². The average Bonchev–Trinajstić information content (AvgIpc) is 2.71. The number of halogens is 1. The normalized spacial score (nSPS) is 10.9. The van der Waals surface area contributed by atoms with Crippen molar-refractivity contribution in [3.8, 4) is 11.3 Å². The van der Waals surface area contributed by atoms with E-state index in [2.05, 4.69) is 10.1 Å². The topological polar surface area (TPSA) is 56.2 Å². The van der Waals surface area contributed by atoms with Gasteiger partial charge in [-0.25, -0.2) is 9.50 Å². The molecule has 0 unspecified atom stereocenters. The highest BCUT2D eigenvalue weighted by atomic mass is 35.5. The highest BCUT2D eigenvalue weighted by molar-refractivity contribution is 6.30. The number of anilines is 1. The molecule has 0 radical (unpaired) electrons. The monoisotopic (exact) mass is 244 g/mol. The van der Waals surface area contributed by atoms with Crippen molar-refractivity contribution in [1.29, 1.82) is 0 Å². The fourth-order valence-electron chi connectivity index (χ4n) is 1.71. The minimum atomic E-state index is 0.407. The largest absolute Gasteiger partial charge is 0.382 e. The molecule has 2 aromatic heterocycles. The van der Waals surface area contributed by atoms with Crippen molar-refractivity contribution in [2.45, 2.75) is 0 Å². The molecule has 1 aromatic carbocycles. The number of hydrogen-bond acceptors (Lipinski definition) is 3. The second-order valence-corrected chi connectivity index (χ2v) is 4.06. The van der Waals surface area contributed by atoms with Gasteiger partial charge in [0.15, 0.2) is 5.65 Å². The van der Waals surface area contributed by atoms with Gasteiger partial charge in [-0.2, -0.15) is 0 Å². The molecule has 0 aliphatic heterocycles. The predicted octanol–water partition coefficient (Wildman–Crippen LogP) is 2.63. The zero-order valence-corrected chi connectivity index (χ0v) is 9.59. The molecule has 0 saturated carbocycles. The lowest BCUT2D eigenvalue weighted by molar-refractivity contribution is 0.947. The van der Waals surface area contributed by atoms with E-state index in [9.17, 15) is 0 Å². The van der Waals surface area contributed by atoms with E-state index in [0.29, 0.717) is 16.6 Å². The Hall–Kier alpha value is -2.07. The third kappa shape index (κ3) is 1.72. The Morgan fingerprint density at radius 1 is 1.12 bits per heavy atom. The zero-order chi connectivity index (χ0) is 11.8. The summed E-state index contributed by atoms with van der Waals surface area (Å²) in [6.45, 7) is 0. The molecule has 2 heterocycles. The molecular formula is C12H9ClN4. The van der Waals surface area contributed by atoms with E-state index in [-0.39, 0.29) is 0 Å². The third-order valence-corrected chi connectivity index (χ3v) is 2.74. The number of nitrogen functional groups attached to an aromatic ring is 1. The molecule has 0 spiro atoms. The Kier molecular flexibility index (Phi) is 2.23. The predicted molar refractivity (Wildman–Crippen MR) is 67.8 cm³/mol. The van der Waals surface area contributed by atoms with Gasteiger partial charge in [0.05, 0.1) is 5.69 Å². The van der Waals surface area contributed by atoms with Gasteiger partial charge in [-0.1, -0.05) is 41.9 Å². The molecule has 17 heavy (non-hydrogen) atoms. The smallest absolute Gasteiger partial charge is 0.159 e. The van der Waals surface area contributed by atoms with Crippen LogP contribution in [0.1, 0.15) is 0 Å². The summed E-state index contributed by atoms with van der Waals surface area (Å²) in [6, 6.07) is 13.3. The first-order chi connectivity index (χ1) is 8.24. The van der Waals surface area contributed by atoms with Crippen molar-refractivity contribution in [2.24, 2.45) is 0 Å². The summed E-state index contributed by atoms with van der Waals surface area (Å²) in [7, 11) is 0. The van der Waals surface area contributed by atoms with Gasteiger partial charge in [0, 0.05) is 17.7 Å². The maximum absolute atomic E-state index is 6.13. The van der Waals surface area contributed by atoms with Crippen molar-refractivity contribution in [1.82, 2.24) is 14.6 Å². The molecule has 3 rings (SSSR count). The van der Waals surface area contributed by atoms with Crippen molar-refractivity contribution >= 4 is 23.1 Å². The molecule has 4 nitrogen and oxygen atoms in total. The van der Waals surface area contributed by atoms with Gasteiger partial charge in [-0.15, -0.1) is 5.10 Å². The van der Waals surface area contributed by atoms with E-state index < -0.39 is 0 Å². The molecule has 5 heteroatoms. The van der Waals surface area contributed by atoms with Crippen molar-refractivity contribution in [3.05, 3.63) is 47.6 Å². The van der Waals surface area contributed by atoms with E-state index in [1.165, 1.54) is 4.52 Å². The van der Waals surface area contributed by atoms with Crippen LogP contribution in [-0.2, 0) is 0 Å². The first-order valence-corrected chi connectivity index (χ1v) is 5.49. The molecule has 0 atom stereocenters. The van der Waals surface area contributed by atoms with Crippen LogP contribution in [0.2, 0.25) is 5.15 Å². The second-order valence-electron chi connectivity index (χ2n) is 3.67. The van der Waals surface area contributed by atoms with Gasteiger partial charge < -0.3 is 5.73 Å². The zero-order valence-electron chi connectivity index (χ0n) is 8.84. The van der Waals surface area contributed by atoms with Gasteiger partial charge in [-0.3, -0.25) is 0 Å². The van der Waals surface area contributed by atoms with Gasteiger partial charge in [0.1, 0.15) is 11.0 Å². The van der Waals surface area contributed by atoms with Crippen molar-refractivity contribution < 1.29 is 0 Å². The maximum Gasteiger partial charge on any atom is 0.159 e. The third-order valence-electron chi connectivity index (χ3n) is 2.47. The van der Waals surface area contributed by atoms with Gasteiger partial charge in [0.2, 0.25) is 0 Å². The standard InChI is InChI=1S/C12H9ClN4/c13-10-6-9(8-4-2-1-3-5-8)15-12-7-11(14)16-17(10)12/h1-7H,(H2,14,16). The molecule has 84 valence electrons.